The van der Waals surface area contributed by atoms with E-state index >= 15 is 0 Å². The van der Waals surface area contributed by atoms with Crippen LogP contribution in [0.1, 0.15) is 19.9 Å². The van der Waals surface area contributed by atoms with Crippen molar-refractivity contribution in [3.05, 3.63) is 48.5 Å². The molecule has 0 radical (unpaired) electrons. The number of aromatic nitrogens is 4. The van der Waals surface area contributed by atoms with E-state index in [4.69, 9.17) is 10.5 Å². The molecule has 1 atom stereocenters. The molecule has 0 aliphatic rings. The van der Waals surface area contributed by atoms with Gasteiger partial charge in [-0.15, -0.1) is 22.6 Å². The third kappa shape index (κ3) is 4.58. The minimum absolute atomic E-state index is 0. The summed E-state index contributed by atoms with van der Waals surface area (Å²) in [6, 6.07) is 14.0. The van der Waals surface area contributed by atoms with Gasteiger partial charge in [0.1, 0.15) is 5.75 Å². The van der Waals surface area contributed by atoms with Crippen molar-refractivity contribution in [2.75, 3.05) is 18.2 Å². The van der Waals surface area contributed by atoms with E-state index in [0.717, 1.165) is 5.56 Å². The Balaban J connectivity index is 0.00000280. The zero-order valence-corrected chi connectivity index (χ0v) is 16.7. The van der Waals surface area contributed by atoms with Gasteiger partial charge in [0.25, 0.3) is 5.91 Å². The number of carbonyl (C=O) groups is 1. The fourth-order valence-corrected chi connectivity index (χ4v) is 2.75. The maximum absolute atomic E-state index is 12.9. The molecule has 2 aromatic carbocycles. The van der Waals surface area contributed by atoms with Crippen LogP contribution in [0, 0.1) is 5.92 Å². The second-order valence-electron chi connectivity index (χ2n) is 6.43. The molecule has 1 heterocycles. The average molecular weight is 403 g/mol. The van der Waals surface area contributed by atoms with Gasteiger partial charge in [-0.1, -0.05) is 44.2 Å². The lowest BCUT2D eigenvalue weighted by Gasteiger charge is -2.19. The maximum atomic E-state index is 12.9. The van der Waals surface area contributed by atoms with E-state index in [0.29, 0.717) is 22.9 Å². The highest BCUT2D eigenvalue weighted by Gasteiger charge is 2.27. The molecule has 8 nitrogen and oxygen atoms in total. The van der Waals surface area contributed by atoms with Gasteiger partial charge < -0.3 is 15.8 Å². The molecule has 9 heteroatoms. The fraction of sp³-hybridized carbons (Fsp3) is 0.263. The van der Waals surface area contributed by atoms with Crippen molar-refractivity contribution >= 4 is 29.7 Å². The van der Waals surface area contributed by atoms with Gasteiger partial charge in [0.15, 0.2) is 6.04 Å². The van der Waals surface area contributed by atoms with Crippen molar-refractivity contribution in [2.45, 2.75) is 19.9 Å². The number of hydrogen-bond acceptors (Lipinski definition) is 6. The lowest BCUT2D eigenvalue weighted by Crippen LogP contribution is -2.31. The van der Waals surface area contributed by atoms with E-state index in [9.17, 15) is 4.79 Å². The number of benzene rings is 2. The summed E-state index contributed by atoms with van der Waals surface area (Å²) in [5.74, 6) is 0.742. The second-order valence-corrected chi connectivity index (χ2v) is 6.43. The quantitative estimate of drug-likeness (QED) is 0.613. The number of carbonyl (C=O) groups excluding carboxylic acids is 1. The van der Waals surface area contributed by atoms with Crippen LogP contribution in [0.25, 0.3) is 11.4 Å². The molecule has 0 bridgehead atoms. The first-order valence-electron chi connectivity index (χ1n) is 8.59. The molecule has 148 valence electrons. The van der Waals surface area contributed by atoms with Gasteiger partial charge in [-0.25, -0.2) is 0 Å². The highest BCUT2D eigenvalue weighted by Crippen LogP contribution is 2.26. The second kappa shape index (κ2) is 9.18. The van der Waals surface area contributed by atoms with Crippen LogP contribution in [0.4, 0.5) is 11.4 Å². The number of tetrazole rings is 1. The van der Waals surface area contributed by atoms with Gasteiger partial charge in [0.05, 0.1) is 12.8 Å². The lowest BCUT2D eigenvalue weighted by molar-refractivity contribution is -0.121. The Hall–Kier alpha value is -3.13. The van der Waals surface area contributed by atoms with Crippen molar-refractivity contribution in [1.29, 1.82) is 0 Å². The van der Waals surface area contributed by atoms with Crippen LogP contribution < -0.4 is 15.8 Å². The minimum Gasteiger partial charge on any atom is -0.495 e. The standard InChI is InChI=1S/C19H22N6O2.ClH/c1-12(2)17(19(26)21-14-9-10-16(27-3)15(20)11-14)25-23-18(22-24-25)13-7-5-4-6-8-13;/h4-12,17H,20H2,1-3H3,(H,21,26);1H. The zero-order valence-electron chi connectivity index (χ0n) is 15.9. The topological polar surface area (TPSA) is 108 Å². The van der Waals surface area contributed by atoms with Crippen molar-refractivity contribution < 1.29 is 9.53 Å². The normalized spacial score (nSPS) is 11.6. The number of nitrogens with zero attached hydrogens (tertiary/aromatic N) is 4. The van der Waals surface area contributed by atoms with E-state index in [-0.39, 0.29) is 24.2 Å². The molecule has 3 N–H and O–H groups in total. The highest BCUT2D eigenvalue weighted by atomic mass is 35.5. The molecule has 3 rings (SSSR count). The predicted molar refractivity (Wildman–Crippen MR) is 110 cm³/mol. The number of nitrogen functional groups attached to an aromatic ring is 1. The van der Waals surface area contributed by atoms with Crippen molar-refractivity contribution in [1.82, 2.24) is 20.2 Å². The third-order valence-electron chi connectivity index (χ3n) is 4.11. The Kier molecular flexibility index (Phi) is 6.94. The van der Waals surface area contributed by atoms with E-state index < -0.39 is 6.04 Å². The summed E-state index contributed by atoms with van der Waals surface area (Å²) in [6.07, 6.45) is 0. The van der Waals surface area contributed by atoms with Gasteiger partial charge in [-0.05, 0) is 29.3 Å². The summed E-state index contributed by atoms with van der Waals surface area (Å²) >= 11 is 0. The smallest absolute Gasteiger partial charge is 0.251 e. The molecule has 1 aromatic heterocycles. The third-order valence-corrected chi connectivity index (χ3v) is 4.11. The van der Waals surface area contributed by atoms with Crippen molar-refractivity contribution in [3.63, 3.8) is 0 Å². The number of rotatable bonds is 6. The first kappa shape index (κ1) is 21.2. The summed E-state index contributed by atoms with van der Waals surface area (Å²) < 4.78 is 5.13. The predicted octanol–water partition coefficient (Wildman–Crippen LogP) is 3.19. The first-order valence-corrected chi connectivity index (χ1v) is 8.59. The average Bonchev–Trinajstić information content (AvgIpc) is 3.12. The molecule has 28 heavy (non-hydrogen) atoms. The Morgan fingerprint density at radius 2 is 1.89 bits per heavy atom. The molecule has 0 saturated carbocycles. The largest absolute Gasteiger partial charge is 0.495 e. The number of methoxy groups -OCH3 is 1. The van der Waals surface area contributed by atoms with Crippen molar-refractivity contribution in [2.24, 2.45) is 5.92 Å². The summed E-state index contributed by atoms with van der Waals surface area (Å²) in [5, 5.41) is 15.4. The van der Waals surface area contributed by atoms with Gasteiger partial charge in [-0.3, -0.25) is 4.79 Å². The molecule has 0 aliphatic carbocycles. The highest BCUT2D eigenvalue weighted by molar-refractivity contribution is 5.94. The van der Waals surface area contributed by atoms with Gasteiger partial charge in [-0.2, -0.15) is 4.80 Å². The van der Waals surface area contributed by atoms with E-state index in [1.807, 2.05) is 44.2 Å². The molecule has 3 aromatic rings. The molecule has 0 spiro atoms. The van der Waals surface area contributed by atoms with Crippen LogP contribution in [0.15, 0.2) is 48.5 Å². The number of amides is 1. The number of halogens is 1. The van der Waals surface area contributed by atoms with E-state index in [1.54, 1.807) is 25.3 Å². The summed E-state index contributed by atoms with van der Waals surface area (Å²) in [4.78, 5) is 14.2. The number of anilines is 2. The van der Waals surface area contributed by atoms with Crippen LogP contribution in [0.3, 0.4) is 0 Å². The van der Waals surface area contributed by atoms with Crippen LogP contribution in [0.2, 0.25) is 0 Å². The Bertz CT molecular complexity index is 929. The molecule has 1 amide bonds. The number of hydrogen-bond donors (Lipinski definition) is 2. The maximum Gasteiger partial charge on any atom is 0.251 e. The Labute approximate surface area is 169 Å². The van der Waals surface area contributed by atoms with Crippen LogP contribution in [-0.4, -0.2) is 33.2 Å². The van der Waals surface area contributed by atoms with E-state index in [2.05, 4.69) is 20.7 Å². The summed E-state index contributed by atoms with van der Waals surface area (Å²) in [6.45, 7) is 3.86. The minimum atomic E-state index is -0.613. The van der Waals surface area contributed by atoms with Gasteiger partial charge >= 0.3 is 0 Å². The first-order chi connectivity index (χ1) is 13.0. The van der Waals surface area contributed by atoms with E-state index in [1.165, 1.54) is 4.80 Å². The van der Waals surface area contributed by atoms with Crippen LogP contribution >= 0.6 is 12.4 Å². The lowest BCUT2D eigenvalue weighted by atomic mass is 10.0. The van der Waals surface area contributed by atoms with Crippen LogP contribution in [0.5, 0.6) is 5.75 Å². The fourth-order valence-electron chi connectivity index (χ4n) is 2.75. The molecule has 0 aliphatic heterocycles. The summed E-state index contributed by atoms with van der Waals surface area (Å²) in [7, 11) is 1.54. The molecule has 0 fully saturated rings. The number of ether oxygens (including phenoxy) is 1. The van der Waals surface area contributed by atoms with Gasteiger partial charge in [0, 0.05) is 11.3 Å². The SMILES string of the molecule is COc1ccc(NC(=O)C(C(C)C)n2nnc(-c3ccccc3)n2)cc1N.Cl. The molecular weight excluding hydrogens is 380 g/mol. The Morgan fingerprint density at radius 1 is 1.18 bits per heavy atom. The molecule has 0 saturated heterocycles. The Morgan fingerprint density at radius 3 is 2.50 bits per heavy atom. The molecular formula is C19H23ClN6O2. The van der Waals surface area contributed by atoms with Crippen LogP contribution in [-0.2, 0) is 4.79 Å². The van der Waals surface area contributed by atoms with Crippen molar-refractivity contribution in [3.8, 4) is 17.1 Å². The van der Waals surface area contributed by atoms with Gasteiger partial charge in [0.2, 0.25) is 5.82 Å². The number of nitrogens with one attached hydrogen (secondary N) is 1. The molecule has 1 unspecified atom stereocenters. The zero-order chi connectivity index (χ0) is 19.4. The number of nitrogens with two attached hydrogens (primary N) is 1. The monoisotopic (exact) mass is 402 g/mol. The summed E-state index contributed by atoms with van der Waals surface area (Å²) in [5.41, 5.74) is 7.77.